The fraction of sp³-hybridized carbons (Fsp3) is 0.300. The molecule has 0 aliphatic carbocycles. The van der Waals surface area contributed by atoms with Crippen LogP contribution in [0.3, 0.4) is 0 Å². The molecule has 2 rings (SSSR count). The van der Waals surface area contributed by atoms with E-state index < -0.39 is 5.97 Å². The number of rotatable bonds is 7. The summed E-state index contributed by atoms with van der Waals surface area (Å²) < 4.78 is 5.83. The van der Waals surface area contributed by atoms with Crippen LogP contribution in [0, 0.1) is 13.8 Å². The number of hydrogen-bond donors (Lipinski definition) is 2. The van der Waals surface area contributed by atoms with Crippen LogP contribution in [-0.4, -0.2) is 29.6 Å². The minimum Gasteiger partial charge on any atom is -0.491 e. The molecular weight excluding hydrogens is 318 g/mol. The van der Waals surface area contributed by atoms with Gasteiger partial charge in [0.25, 0.3) is 0 Å². The molecule has 0 radical (unpaired) electrons. The van der Waals surface area contributed by atoms with Crippen LogP contribution in [0.15, 0.2) is 42.5 Å². The van der Waals surface area contributed by atoms with Gasteiger partial charge in [-0.15, -0.1) is 0 Å². The number of para-hydroxylation sites is 1. The number of carboxylic acid groups (broad SMARTS) is 1. The lowest BCUT2D eigenvalue weighted by molar-refractivity contribution is -0.121. The second kappa shape index (κ2) is 8.33. The van der Waals surface area contributed by atoms with E-state index in [9.17, 15) is 14.7 Å². The summed E-state index contributed by atoms with van der Waals surface area (Å²) in [5.41, 5.74) is 2.75. The minimum atomic E-state index is -1.03. The summed E-state index contributed by atoms with van der Waals surface area (Å²) in [4.78, 5) is 23.4. The molecule has 5 heteroatoms. The standard InChI is InChI=1S/C20H23NO4/c1-13-7-6-8-14(2)19(13)25-12-15(3)21-18(22)11-16-9-4-5-10-17(16)20(23)24/h4-10,15H,11-12H2,1-3H3,(H,21,22)(H,23,24). The van der Waals surface area contributed by atoms with Gasteiger partial charge >= 0.3 is 5.97 Å². The second-order valence-electron chi connectivity index (χ2n) is 6.14. The van der Waals surface area contributed by atoms with E-state index in [1.807, 2.05) is 39.0 Å². The highest BCUT2D eigenvalue weighted by Crippen LogP contribution is 2.22. The number of hydrogen-bond acceptors (Lipinski definition) is 3. The van der Waals surface area contributed by atoms with E-state index in [4.69, 9.17) is 4.74 Å². The summed E-state index contributed by atoms with van der Waals surface area (Å²) in [5.74, 6) is -0.430. The second-order valence-corrected chi connectivity index (χ2v) is 6.14. The molecule has 132 valence electrons. The van der Waals surface area contributed by atoms with Crippen LogP contribution in [0.25, 0.3) is 0 Å². The first kappa shape index (κ1) is 18.5. The van der Waals surface area contributed by atoms with Crippen LogP contribution < -0.4 is 10.1 Å². The number of amides is 1. The van der Waals surface area contributed by atoms with Gasteiger partial charge in [0.05, 0.1) is 18.0 Å². The molecule has 5 nitrogen and oxygen atoms in total. The lowest BCUT2D eigenvalue weighted by atomic mass is 10.0. The summed E-state index contributed by atoms with van der Waals surface area (Å²) in [7, 11) is 0. The van der Waals surface area contributed by atoms with Crippen molar-refractivity contribution in [1.29, 1.82) is 0 Å². The lowest BCUT2D eigenvalue weighted by Crippen LogP contribution is -2.38. The molecule has 1 unspecified atom stereocenters. The van der Waals surface area contributed by atoms with Gasteiger partial charge in [0, 0.05) is 0 Å². The third-order valence-electron chi connectivity index (χ3n) is 3.89. The van der Waals surface area contributed by atoms with Crippen LogP contribution in [-0.2, 0) is 11.2 Å². The third-order valence-corrected chi connectivity index (χ3v) is 3.89. The molecular formula is C20H23NO4. The average Bonchev–Trinajstić information content (AvgIpc) is 2.54. The van der Waals surface area contributed by atoms with E-state index in [0.29, 0.717) is 12.2 Å². The number of nitrogens with one attached hydrogen (secondary N) is 1. The number of benzene rings is 2. The lowest BCUT2D eigenvalue weighted by Gasteiger charge is -2.17. The van der Waals surface area contributed by atoms with Crippen molar-refractivity contribution in [2.24, 2.45) is 0 Å². The van der Waals surface area contributed by atoms with Crippen molar-refractivity contribution in [3.63, 3.8) is 0 Å². The van der Waals surface area contributed by atoms with Crippen LogP contribution in [0.2, 0.25) is 0 Å². The zero-order chi connectivity index (χ0) is 18.4. The molecule has 2 N–H and O–H groups in total. The predicted octanol–water partition coefficient (Wildman–Crippen LogP) is 3.13. The molecule has 0 aliphatic heterocycles. The fourth-order valence-corrected chi connectivity index (χ4v) is 2.66. The van der Waals surface area contributed by atoms with Crippen molar-refractivity contribution >= 4 is 11.9 Å². The SMILES string of the molecule is Cc1cccc(C)c1OCC(C)NC(=O)Cc1ccccc1C(=O)O. The van der Waals surface area contributed by atoms with E-state index in [-0.39, 0.29) is 23.9 Å². The van der Waals surface area contributed by atoms with E-state index in [1.165, 1.54) is 6.07 Å². The Balaban J connectivity index is 1.92. The quantitative estimate of drug-likeness (QED) is 0.811. The van der Waals surface area contributed by atoms with Crippen molar-refractivity contribution < 1.29 is 19.4 Å². The Kier molecular flexibility index (Phi) is 6.17. The summed E-state index contributed by atoms with van der Waals surface area (Å²) in [5, 5.41) is 12.0. The summed E-state index contributed by atoms with van der Waals surface area (Å²) >= 11 is 0. The van der Waals surface area contributed by atoms with Crippen molar-refractivity contribution in [2.75, 3.05) is 6.61 Å². The molecule has 25 heavy (non-hydrogen) atoms. The fourth-order valence-electron chi connectivity index (χ4n) is 2.66. The first-order chi connectivity index (χ1) is 11.9. The zero-order valence-corrected chi connectivity index (χ0v) is 14.7. The highest BCUT2D eigenvalue weighted by molar-refractivity contribution is 5.91. The summed E-state index contributed by atoms with van der Waals surface area (Å²) in [6, 6.07) is 12.3. The van der Waals surface area contributed by atoms with Gasteiger partial charge in [-0.05, 0) is 43.5 Å². The van der Waals surface area contributed by atoms with Gasteiger partial charge in [0.15, 0.2) is 0 Å². The first-order valence-corrected chi connectivity index (χ1v) is 8.18. The van der Waals surface area contributed by atoms with Crippen molar-refractivity contribution in [2.45, 2.75) is 33.2 Å². The molecule has 1 amide bonds. The summed E-state index contributed by atoms with van der Waals surface area (Å²) in [6.45, 7) is 6.16. The highest BCUT2D eigenvalue weighted by atomic mass is 16.5. The topological polar surface area (TPSA) is 75.6 Å². The molecule has 0 heterocycles. The Morgan fingerprint density at radius 3 is 2.36 bits per heavy atom. The van der Waals surface area contributed by atoms with E-state index >= 15 is 0 Å². The van der Waals surface area contributed by atoms with Gasteiger partial charge in [-0.1, -0.05) is 36.4 Å². The summed E-state index contributed by atoms with van der Waals surface area (Å²) in [6.07, 6.45) is 0.0240. The number of aryl methyl sites for hydroxylation is 2. The molecule has 2 aromatic rings. The Morgan fingerprint density at radius 2 is 1.72 bits per heavy atom. The number of carbonyl (C=O) groups is 2. The third kappa shape index (κ3) is 5.08. The van der Waals surface area contributed by atoms with Gasteiger partial charge in [0.1, 0.15) is 12.4 Å². The number of aromatic carboxylic acids is 1. The van der Waals surface area contributed by atoms with Crippen molar-refractivity contribution in [3.05, 3.63) is 64.7 Å². The van der Waals surface area contributed by atoms with Crippen molar-refractivity contribution in [3.8, 4) is 5.75 Å². The largest absolute Gasteiger partial charge is 0.491 e. The Labute approximate surface area is 147 Å². The normalized spacial score (nSPS) is 11.6. The Morgan fingerprint density at radius 1 is 1.08 bits per heavy atom. The van der Waals surface area contributed by atoms with Gasteiger partial charge in [0.2, 0.25) is 5.91 Å². The van der Waals surface area contributed by atoms with Gasteiger partial charge < -0.3 is 15.2 Å². The molecule has 1 atom stereocenters. The van der Waals surface area contributed by atoms with Gasteiger partial charge in [-0.2, -0.15) is 0 Å². The Hall–Kier alpha value is -2.82. The highest BCUT2D eigenvalue weighted by Gasteiger charge is 2.14. The maximum absolute atomic E-state index is 12.2. The van der Waals surface area contributed by atoms with E-state index in [2.05, 4.69) is 5.32 Å². The van der Waals surface area contributed by atoms with Crippen molar-refractivity contribution in [1.82, 2.24) is 5.32 Å². The Bertz CT molecular complexity index is 750. The first-order valence-electron chi connectivity index (χ1n) is 8.18. The minimum absolute atomic E-state index is 0.0240. The zero-order valence-electron chi connectivity index (χ0n) is 14.7. The van der Waals surface area contributed by atoms with E-state index in [1.54, 1.807) is 18.2 Å². The van der Waals surface area contributed by atoms with Gasteiger partial charge in [-0.25, -0.2) is 4.79 Å². The van der Waals surface area contributed by atoms with Crippen LogP contribution >= 0.6 is 0 Å². The monoisotopic (exact) mass is 341 g/mol. The maximum Gasteiger partial charge on any atom is 0.335 e. The van der Waals surface area contributed by atoms with Gasteiger partial charge in [-0.3, -0.25) is 4.79 Å². The predicted molar refractivity (Wildman–Crippen MR) is 96.1 cm³/mol. The molecule has 0 saturated heterocycles. The smallest absolute Gasteiger partial charge is 0.335 e. The van der Waals surface area contributed by atoms with E-state index in [0.717, 1.165) is 16.9 Å². The molecule has 2 aromatic carbocycles. The molecule has 0 bridgehead atoms. The molecule has 0 spiro atoms. The number of ether oxygens (including phenoxy) is 1. The van der Waals surface area contributed by atoms with Crippen LogP contribution in [0.4, 0.5) is 0 Å². The molecule has 0 aromatic heterocycles. The molecule has 0 aliphatic rings. The van der Waals surface area contributed by atoms with Crippen LogP contribution in [0.5, 0.6) is 5.75 Å². The average molecular weight is 341 g/mol. The molecule has 0 saturated carbocycles. The van der Waals surface area contributed by atoms with Crippen LogP contribution in [0.1, 0.15) is 34.0 Å². The maximum atomic E-state index is 12.2. The number of carboxylic acids is 1. The number of carbonyl (C=O) groups excluding carboxylic acids is 1. The molecule has 0 fully saturated rings.